The third-order valence-corrected chi connectivity index (χ3v) is 11.9. The highest BCUT2D eigenvalue weighted by atomic mass is 16.6. The molecule has 6 heteroatoms. The first kappa shape index (κ1) is 54.4. The van der Waals surface area contributed by atoms with E-state index in [1.54, 1.807) is 0 Å². The largest absolute Gasteiger partial charge is 0.462 e. The Labute approximate surface area is 348 Å². The molecule has 0 aromatic heterocycles. The van der Waals surface area contributed by atoms with Gasteiger partial charge in [0, 0.05) is 19.3 Å². The van der Waals surface area contributed by atoms with Crippen molar-refractivity contribution in [3.05, 3.63) is 0 Å². The Morgan fingerprint density at radius 1 is 0.357 bits per heavy atom. The normalized spacial score (nSPS) is 13.1. The highest BCUT2D eigenvalue weighted by Gasteiger charge is 2.19. The van der Waals surface area contributed by atoms with Gasteiger partial charge in [-0.3, -0.25) is 14.4 Å². The minimum absolute atomic E-state index is 0.0664. The van der Waals surface area contributed by atoms with Crippen LogP contribution >= 0.6 is 0 Å². The van der Waals surface area contributed by atoms with Crippen molar-refractivity contribution in [1.82, 2.24) is 0 Å². The van der Waals surface area contributed by atoms with Gasteiger partial charge in [0.05, 0.1) is 0 Å². The Bertz CT molecular complexity index is 872. The number of unbranched alkanes of at least 4 members (excludes halogenated alkanes) is 24. The summed E-state index contributed by atoms with van der Waals surface area (Å²) in [7, 11) is 0. The van der Waals surface area contributed by atoms with E-state index in [0.29, 0.717) is 19.3 Å². The molecule has 0 aromatic carbocycles. The number of hydrogen-bond acceptors (Lipinski definition) is 6. The molecule has 56 heavy (non-hydrogen) atoms. The number of esters is 3. The fraction of sp³-hybridized carbons (Fsp3) is 0.940. The molecule has 0 bridgehead atoms. The van der Waals surface area contributed by atoms with E-state index in [-0.39, 0.29) is 31.1 Å². The molecule has 0 aliphatic carbocycles. The lowest BCUT2D eigenvalue weighted by Crippen LogP contribution is -2.30. The van der Waals surface area contributed by atoms with Crippen LogP contribution in [-0.4, -0.2) is 37.2 Å². The Kier molecular flexibility index (Phi) is 40.4. The van der Waals surface area contributed by atoms with Gasteiger partial charge in [-0.25, -0.2) is 0 Å². The van der Waals surface area contributed by atoms with Crippen molar-refractivity contribution < 1.29 is 28.6 Å². The maximum absolute atomic E-state index is 12.7. The molecule has 3 atom stereocenters. The van der Waals surface area contributed by atoms with E-state index in [1.807, 2.05) is 0 Å². The molecule has 0 amide bonds. The van der Waals surface area contributed by atoms with Crippen LogP contribution in [-0.2, 0) is 28.6 Å². The fourth-order valence-corrected chi connectivity index (χ4v) is 7.34. The van der Waals surface area contributed by atoms with E-state index in [0.717, 1.165) is 75.5 Å². The first-order chi connectivity index (χ1) is 27.2. The van der Waals surface area contributed by atoms with E-state index in [4.69, 9.17) is 14.2 Å². The zero-order chi connectivity index (χ0) is 41.3. The molecule has 0 saturated heterocycles. The Morgan fingerprint density at radius 3 is 0.929 bits per heavy atom. The first-order valence-corrected chi connectivity index (χ1v) is 24.7. The molecule has 0 heterocycles. The van der Waals surface area contributed by atoms with E-state index < -0.39 is 6.10 Å². The predicted octanol–water partition coefficient (Wildman–Crippen LogP) is 15.6. The SMILES string of the molecule is CCC(C)CCCCCCCCCCCCCCCCC(=O)OC[C@H](COC(=O)CCCCCCCCCC(C)C)OC(=O)CCCCCCCCC(C)CC. The molecule has 2 unspecified atom stereocenters. The minimum Gasteiger partial charge on any atom is -0.462 e. The van der Waals surface area contributed by atoms with Crippen molar-refractivity contribution in [1.29, 1.82) is 0 Å². The van der Waals surface area contributed by atoms with Gasteiger partial charge in [-0.2, -0.15) is 0 Å². The summed E-state index contributed by atoms with van der Waals surface area (Å²) >= 11 is 0. The van der Waals surface area contributed by atoms with Gasteiger partial charge in [-0.05, 0) is 37.0 Å². The van der Waals surface area contributed by atoms with E-state index >= 15 is 0 Å². The van der Waals surface area contributed by atoms with Crippen molar-refractivity contribution in [3.63, 3.8) is 0 Å². The molecule has 0 aliphatic rings. The Hall–Kier alpha value is -1.59. The van der Waals surface area contributed by atoms with Crippen LogP contribution in [0.15, 0.2) is 0 Å². The second-order valence-corrected chi connectivity index (χ2v) is 18.1. The second-order valence-electron chi connectivity index (χ2n) is 18.1. The maximum atomic E-state index is 12.7. The monoisotopic (exact) mass is 793 g/mol. The summed E-state index contributed by atoms with van der Waals surface area (Å²) in [5, 5.41) is 0. The molecular formula is C50H96O6. The molecule has 0 N–H and O–H groups in total. The highest BCUT2D eigenvalue weighted by Crippen LogP contribution is 2.18. The van der Waals surface area contributed by atoms with E-state index in [9.17, 15) is 14.4 Å². The lowest BCUT2D eigenvalue weighted by atomic mass is 9.99. The van der Waals surface area contributed by atoms with Crippen LogP contribution in [0.25, 0.3) is 0 Å². The summed E-state index contributed by atoms with van der Waals surface area (Å²) in [6.07, 6.45) is 39.5. The molecule has 0 saturated carbocycles. The van der Waals surface area contributed by atoms with Crippen LogP contribution in [0.5, 0.6) is 0 Å². The van der Waals surface area contributed by atoms with Crippen LogP contribution in [0.1, 0.15) is 266 Å². The summed E-state index contributed by atoms with van der Waals surface area (Å²) in [6, 6.07) is 0. The molecule has 0 fully saturated rings. The molecule has 0 aromatic rings. The molecule has 6 nitrogen and oxygen atoms in total. The number of hydrogen-bond donors (Lipinski definition) is 0. The van der Waals surface area contributed by atoms with Crippen molar-refractivity contribution >= 4 is 17.9 Å². The molecule has 0 radical (unpaired) electrons. The number of carbonyl (C=O) groups is 3. The van der Waals surface area contributed by atoms with Gasteiger partial charge in [0.15, 0.2) is 6.10 Å². The van der Waals surface area contributed by atoms with Gasteiger partial charge in [0.25, 0.3) is 0 Å². The third-order valence-electron chi connectivity index (χ3n) is 11.9. The standard InChI is InChI=1S/C50H96O6/c1-7-45(5)37-31-25-19-15-13-11-9-10-12-14-16-20-27-33-39-48(51)54-42-47(56-50(53)41-35-29-23-22-26-32-38-46(6)8-2)43-55-49(52)40-34-28-21-17-18-24-30-36-44(3)4/h44-47H,7-43H2,1-6H3/t45?,46?,47-/m1/s1. The molecule has 0 rings (SSSR count). The Balaban J connectivity index is 4.25. The van der Waals surface area contributed by atoms with E-state index in [2.05, 4.69) is 41.5 Å². The average molecular weight is 793 g/mol. The molecule has 0 aliphatic heterocycles. The second kappa shape index (κ2) is 41.6. The predicted molar refractivity (Wildman–Crippen MR) is 238 cm³/mol. The topological polar surface area (TPSA) is 78.9 Å². The molecular weight excluding hydrogens is 697 g/mol. The Morgan fingerprint density at radius 2 is 0.625 bits per heavy atom. The van der Waals surface area contributed by atoms with Gasteiger partial charge in [-0.15, -0.1) is 0 Å². The summed E-state index contributed by atoms with van der Waals surface area (Å²) < 4.78 is 16.7. The summed E-state index contributed by atoms with van der Waals surface area (Å²) in [4.78, 5) is 37.8. The van der Waals surface area contributed by atoms with Gasteiger partial charge in [-0.1, -0.05) is 228 Å². The maximum Gasteiger partial charge on any atom is 0.306 e. The lowest BCUT2D eigenvalue weighted by molar-refractivity contribution is -0.167. The van der Waals surface area contributed by atoms with Crippen molar-refractivity contribution in [2.75, 3.05) is 13.2 Å². The molecule has 332 valence electrons. The van der Waals surface area contributed by atoms with Crippen LogP contribution in [0.2, 0.25) is 0 Å². The highest BCUT2D eigenvalue weighted by molar-refractivity contribution is 5.71. The van der Waals surface area contributed by atoms with Gasteiger partial charge in [0.1, 0.15) is 13.2 Å². The summed E-state index contributed by atoms with van der Waals surface area (Å²) in [6.45, 7) is 13.7. The summed E-state index contributed by atoms with van der Waals surface area (Å²) in [5.41, 5.74) is 0. The minimum atomic E-state index is -0.763. The average Bonchev–Trinajstić information content (AvgIpc) is 3.18. The fourth-order valence-electron chi connectivity index (χ4n) is 7.34. The number of carbonyl (C=O) groups excluding carboxylic acids is 3. The van der Waals surface area contributed by atoms with Gasteiger partial charge in [0.2, 0.25) is 0 Å². The quantitative estimate of drug-likeness (QED) is 0.0348. The van der Waals surface area contributed by atoms with E-state index in [1.165, 1.54) is 148 Å². The zero-order valence-electron chi connectivity index (χ0n) is 38.4. The van der Waals surface area contributed by atoms with Gasteiger partial charge >= 0.3 is 17.9 Å². The number of ether oxygens (including phenoxy) is 3. The van der Waals surface area contributed by atoms with Crippen molar-refractivity contribution in [3.8, 4) is 0 Å². The van der Waals surface area contributed by atoms with Crippen molar-refractivity contribution in [2.24, 2.45) is 17.8 Å². The lowest BCUT2D eigenvalue weighted by Gasteiger charge is -2.18. The molecule has 0 spiro atoms. The van der Waals surface area contributed by atoms with Crippen molar-refractivity contribution in [2.45, 2.75) is 272 Å². The van der Waals surface area contributed by atoms with Crippen LogP contribution in [0.3, 0.4) is 0 Å². The van der Waals surface area contributed by atoms with Crippen LogP contribution in [0.4, 0.5) is 0 Å². The summed E-state index contributed by atoms with van der Waals surface area (Å²) in [5.74, 6) is 1.62. The third kappa shape index (κ3) is 40.6. The first-order valence-electron chi connectivity index (χ1n) is 24.7. The van der Waals surface area contributed by atoms with Crippen LogP contribution in [0, 0.1) is 17.8 Å². The van der Waals surface area contributed by atoms with Gasteiger partial charge < -0.3 is 14.2 Å². The smallest absolute Gasteiger partial charge is 0.306 e. The number of rotatable bonds is 43. The zero-order valence-corrected chi connectivity index (χ0v) is 38.4. The van der Waals surface area contributed by atoms with Crippen LogP contribution < -0.4 is 0 Å².